The molecular formula is C17H24N2O4. The van der Waals surface area contributed by atoms with Gasteiger partial charge in [-0.05, 0) is 57.6 Å². The van der Waals surface area contributed by atoms with E-state index in [1.54, 1.807) is 19.9 Å². The number of carbonyl (C=O) groups is 2. The summed E-state index contributed by atoms with van der Waals surface area (Å²) < 4.78 is 0. The Morgan fingerprint density at radius 3 is 2.65 bits per heavy atom. The molecular weight excluding hydrogens is 296 g/mol. The molecule has 3 N–H and O–H groups in total. The molecule has 0 spiro atoms. The fourth-order valence-corrected chi connectivity index (χ4v) is 2.71. The first kappa shape index (κ1) is 17.2. The molecule has 0 saturated carbocycles. The summed E-state index contributed by atoms with van der Waals surface area (Å²) in [5.41, 5.74) is 0.807. The number of hydrogen-bond acceptors (Lipinski definition) is 3. The van der Waals surface area contributed by atoms with Gasteiger partial charge in [0, 0.05) is 12.2 Å². The van der Waals surface area contributed by atoms with Crippen molar-refractivity contribution >= 4 is 11.9 Å². The molecule has 1 amide bonds. The van der Waals surface area contributed by atoms with E-state index in [1.807, 2.05) is 0 Å². The molecule has 23 heavy (non-hydrogen) atoms. The van der Waals surface area contributed by atoms with E-state index in [9.17, 15) is 14.4 Å². The number of aromatic nitrogens is 1. The maximum Gasteiger partial charge on any atom is 0.309 e. The highest BCUT2D eigenvalue weighted by Gasteiger charge is 2.27. The van der Waals surface area contributed by atoms with Crippen LogP contribution in [0.15, 0.2) is 10.9 Å². The second kappa shape index (κ2) is 6.98. The standard InChI is InChI=1S/C17H24N2O4/c1-17(2,16(22)23)8-9-18-14(20)12-10-11-6-4-3-5-7-13(11)19-15(12)21/h10H,3-9H2,1-2H3,(H,18,20)(H,19,21)(H,22,23). The van der Waals surface area contributed by atoms with E-state index in [1.165, 1.54) is 0 Å². The highest BCUT2D eigenvalue weighted by atomic mass is 16.4. The monoisotopic (exact) mass is 320 g/mol. The molecule has 1 aromatic heterocycles. The van der Waals surface area contributed by atoms with Gasteiger partial charge in [0.05, 0.1) is 5.41 Å². The number of aromatic amines is 1. The van der Waals surface area contributed by atoms with Crippen molar-refractivity contribution < 1.29 is 14.7 Å². The van der Waals surface area contributed by atoms with Crippen molar-refractivity contribution in [1.29, 1.82) is 0 Å². The maximum absolute atomic E-state index is 12.2. The van der Waals surface area contributed by atoms with E-state index < -0.39 is 17.3 Å². The number of amides is 1. The maximum atomic E-state index is 12.2. The Balaban J connectivity index is 2.06. The topological polar surface area (TPSA) is 99.3 Å². The van der Waals surface area contributed by atoms with Gasteiger partial charge in [-0.2, -0.15) is 0 Å². The number of aryl methyl sites for hydroxylation is 2. The van der Waals surface area contributed by atoms with Crippen LogP contribution in [0.3, 0.4) is 0 Å². The van der Waals surface area contributed by atoms with Crippen LogP contribution in [0, 0.1) is 5.41 Å². The van der Waals surface area contributed by atoms with Crippen LogP contribution in [0.5, 0.6) is 0 Å². The fourth-order valence-electron chi connectivity index (χ4n) is 2.71. The lowest BCUT2D eigenvalue weighted by Crippen LogP contribution is -2.34. The molecule has 2 rings (SSSR count). The van der Waals surface area contributed by atoms with Gasteiger partial charge in [-0.25, -0.2) is 0 Å². The number of aliphatic carboxylic acids is 1. The fraction of sp³-hybridized carbons (Fsp3) is 0.588. The van der Waals surface area contributed by atoms with Gasteiger partial charge in [-0.1, -0.05) is 6.42 Å². The smallest absolute Gasteiger partial charge is 0.309 e. The van der Waals surface area contributed by atoms with E-state index in [0.29, 0.717) is 6.42 Å². The summed E-state index contributed by atoms with van der Waals surface area (Å²) in [5.74, 6) is -1.35. The number of carboxylic acid groups (broad SMARTS) is 1. The molecule has 0 fully saturated rings. The van der Waals surface area contributed by atoms with Gasteiger partial charge in [-0.15, -0.1) is 0 Å². The zero-order valence-corrected chi connectivity index (χ0v) is 13.7. The first-order valence-electron chi connectivity index (χ1n) is 8.08. The van der Waals surface area contributed by atoms with E-state index in [4.69, 9.17) is 5.11 Å². The zero-order valence-electron chi connectivity index (χ0n) is 13.7. The lowest BCUT2D eigenvalue weighted by molar-refractivity contribution is -0.147. The van der Waals surface area contributed by atoms with Crippen LogP contribution in [0.25, 0.3) is 0 Å². The molecule has 0 aliphatic heterocycles. The minimum absolute atomic E-state index is 0.110. The SMILES string of the molecule is CC(C)(CCNC(=O)c1cc2c([nH]c1=O)CCCCC2)C(=O)O. The van der Waals surface area contributed by atoms with Gasteiger partial charge >= 0.3 is 5.97 Å². The summed E-state index contributed by atoms with van der Waals surface area (Å²) in [6.45, 7) is 3.43. The van der Waals surface area contributed by atoms with Crippen molar-refractivity contribution in [2.75, 3.05) is 6.54 Å². The predicted octanol–water partition coefficient (Wildman–Crippen LogP) is 1.87. The van der Waals surface area contributed by atoms with Crippen molar-refractivity contribution in [3.63, 3.8) is 0 Å². The third-order valence-corrected chi connectivity index (χ3v) is 4.45. The minimum atomic E-state index is -0.909. The van der Waals surface area contributed by atoms with Crippen molar-refractivity contribution in [2.45, 2.75) is 52.4 Å². The Morgan fingerprint density at radius 1 is 1.26 bits per heavy atom. The molecule has 0 bridgehead atoms. The van der Waals surface area contributed by atoms with Crippen LogP contribution >= 0.6 is 0 Å². The third-order valence-electron chi connectivity index (χ3n) is 4.45. The number of nitrogens with one attached hydrogen (secondary N) is 2. The number of fused-ring (bicyclic) bond motifs is 1. The average Bonchev–Trinajstić information content (AvgIpc) is 2.70. The Hall–Kier alpha value is -2.11. The Bertz CT molecular complexity index is 661. The van der Waals surface area contributed by atoms with E-state index in [2.05, 4.69) is 10.3 Å². The molecule has 0 saturated heterocycles. The number of H-pyrrole nitrogens is 1. The number of hydrogen-bond donors (Lipinski definition) is 3. The number of rotatable bonds is 5. The second-order valence-corrected chi connectivity index (χ2v) is 6.77. The van der Waals surface area contributed by atoms with Crippen LogP contribution in [0.2, 0.25) is 0 Å². The van der Waals surface area contributed by atoms with Gasteiger partial charge in [0.2, 0.25) is 0 Å². The van der Waals surface area contributed by atoms with E-state index in [0.717, 1.165) is 43.4 Å². The summed E-state index contributed by atoms with van der Waals surface area (Å²) in [6, 6.07) is 1.69. The quantitative estimate of drug-likeness (QED) is 0.721. The predicted molar refractivity (Wildman–Crippen MR) is 86.7 cm³/mol. The lowest BCUT2D eigenvalue weighted by Gasteiger charge is -2.18. The van der Waals surface area contributed by atoms with Crippen molar-refractivity contribution in [2.24, 2.45) is 5.41 Å². The molecule has 0 radical (unpaired) electrons. The van der Waals surface area contributed by atoms with Gasteiger partial charge in [0.15, 0.2) is 0 Å². The number of carbonyl (C=O) groups excluding carboxylic acids is 1. The third kappa shape index (κ3) is 4.21. The average molecular weight is 320 g/mol. The van der Waals surface area contributed by atoms with Gasteiger partial charge in [0.25, 0.3) is 11.5 Å². The molecule has 0 atom stereocenters. The second-order valence-electron chi connectivity index (χ2n) is 6.77. The molecule has 1 aliphatic carbocycles. The highest BCUT2D eigenvalue weighted by molar-refractivity contribution is 5.94. The first-order valence-corrected chi connectivity index (χ1v) is 8.08. The first-order chi connectivity index (χ1) is 10.8. The largest absolute Gasteiger partial charge is 0.481 e. The molecule has 0 unspecified atom stereocenters. The summed E-state index contributed by atoms with van der Waals surface area (Å²) >= 11 is 0. The Labute approximate surface area is 135 Å². The van der Waals surface area contributed by atoms with Gasteiger partial charge in [0.1, 0.15) is 5.56 Å². The normalized spacial score (nSPS) is 14.7. The van der Waals surface area contributed by atoms with Crippen molar-refractivity contribution in [3.05, 3.63) is 33.2 Å². The highest BCUT2D eigenvalue weighted by Crippen LogP contribution is 2.20. The molecule has 1 aromatic rings. The molecule has 1 aliphatic rings. The van der Waals surface area contributed by atoms with Crippen molar-refractivity contribution in [1.82, 2.24) is 10.3 Å². The Kier molecular flexibility index (Phi) is 5.23. The lowest BCUT2D eigenvalue weighted by atomic mass is 9.90. The van der Waals surface area contributed by atoms with Crippen LogP contribution in [-0.2, 0) is 17.6 Å². The zero-order chi connectivity index (χ0) is 17.0. The van der Waals surface area contributed by atoms with Gasteiger partial charge < -0.3 is 15.4 Å². The van der Waals surface area contributed by atoms with Crippen molar-refractivity contribution in [3.8, 4) is 0 Å². The molecule has 6 heteroatoms. The summed E-state index contributed by atoms with van der Waals surface area (Å²) in [6.07, 6.45) is 5.27. The molecule has 126 valence electrons. The van der Waals surface area contributed by atoms with E-state index >= 15 is 0 Å². The van der Waals surface area contributed by atoms with Gasteiger partial charge in [-0.3, -0.25) is 14.4 Å². The molecule has 0 aromatic carbocycles. The number of pyridine rings is 1. The van der Waals surface area contributed by atoms with E-state index in [-0.39, 0.29) is 17.7 Å². The Morgan fingerprint density at radius 2 is 1.96 bits per heavy atom. The summed E-state index contributed by atoms with van der Waals surface area (Å²) in [4.78, 5) is 38.2. The molecule has 6 nitrogen and oxygen atoms in total. The summed E-state index contributed by atoms with van der Waals surface area (Å²) in [5, 5.41) is 11.7. The van der Waals surface area contributed by atoms with Crippen LogP contribution in [0.1, 0.15) is 61.1 Å². The summed E-state index contributed by atoms with van der Waals surface area (Å²) in [7, 11) is 0. The molecule has 1 heterocycles. The van der Waals surface area contributed by atoms with Crippen LogP contribution in [0.4, 0.5) is 0 Å². The number of carboxylic acids is 1. The minimum Gasteiger partial charge on any atom is -0.481 e. The van der Waals surface area contributed by atoms with Crippen LogP contribution in [-0.4, -0.2) is 28.5 Å². The van der Waals surface area contributed by atoms with Crippen LogP contribution < -0.4 is 10.9 Å².